The Balaban J connectivity index is 2.01. The predicted octanol–water partition coefficient (Wildman–Crippen LogP) is 2.81. The molecule has 0 radical (unpaired) electrons. The summed E-state index contributed by atoms with van der Waals surface area (Å²) in [5.41, 5.74) is 0.481. The number of hydrogen-bond acceptors (Lipinski definition) is 5. The van der Waals surface area contributed by atoms with Gasteiger partial charge in [-0.25, -0.2) is 8.42 Å². The summed E-state index contributed by atoms with van der Waals surface area (Å²) in [4.78, 5) is 0.169. The molecule has 0 N–H and O–H groups in total. The zero-order valence-corrected chi connectivity index (χ0v) is 14.0. The zero-order valence-electron chi connectivity index (χ0n) is 13.1. The molecule has 0 saturated heterocycles. The lowest BCUT2D eigenvalue weighted by Crippen LogP contribution is -2.31. The van der Waals surface area contributed by atoms with Crippen molar-refractivity contribution in [3.63, 3.8) is 0 Å². The summed E-state index contributed by atoms with van der Waals surface area (Å²) in [5, 5.41) is 0. The van der Waals surface area contributed by atoms with Crippen molar-refractivity contribution in [2.45, 2.75) is 4.90 Å². The number of anilines is 1. The van der Waals surface area contributed by atoms with E-state index in [1.807, 2.05) is 0 Å². The SMILES string of the molecule is C=CCN(c1ccc2c(c1)OCO2)S(=O)(=O)c1ccc(OC)cc1. The van der Waals surface area contributed by atoms with Gasteiger partial charge in [-0.15, -0.1) is 6.58 Å². The van der Waals surface area contributed by atoms with Crippen molar-refractivity contribution in [1.29, 1.82) is 0 Å². The molecule has 126 valence electrons. The average Bonchev–Trinajstić information content (AvgIpc) is 3.07. The van der Waals surface area contributed by atoms with Crippen LogP contribution in [0.3, 0.4) is 0 Å². The Kier molecular flexibility index (Phi) is 4.35. The summed E-state index contributed by atoms with van der Waals surface area (Å²) in [7, 11) is -2.22. The van der Waals surface area contributed by atoms with Crippen molar-refractivity contribution in [3.8, 4) is 17.2 Å². The van der Waals surface area contributed by atoms with Crippen LogP contribution in [0.2, 0.25) is 0 Å². The first-order valence-corrected chi connectivity index (χ1v) is 8.67. The summed E-state index contributed by atoms with van der Waals surface area (Å²) in [5.74, 6) is 1.71. The molecular formula is C17H17NO5S. The Hall–Kier alpha value is -2.67. The highest BCUT2D eigenvalue weighted by molar-refractivity contribution is 7.92. The molecule has 0 amide bonds. The second-order valence-corrected chi connectivity index (χ2v) is 6.90. The fraction of sp³-hybridized carbons (Fsp3) is 0.176. The molecule has 3 rings (SSSR count). The van der Waals surface area contributed by atoms with Crippen LogP contribution >= 0.6 is 0 Å². The van der Waals surface area contributed by atoms with Gasteiger partial charge in [-0.2, -0.15) is 0 Å². The normalized spacial score (nSPS) is 12.7. The van der Waals surface area contributed by atoms with Gasteiger partial charge in [-0.1, -0.05) is 6.08 Å². The van der Waals surface area contributed by atoms with E-state index in [0.717, 1.165) is 0 Å². The molecule has 7 heteroatoms. The minimum absolute atomic E-state index is 0.130. The highest BCUT2D eigenvalue weighted by Crippen LogP contribution is 2.37. The van der Waals surface area contributed by atoms with Gasteiger partial charge in [0, 0.05) is 6.07 Å². The highest BCUT2D eigenvalue weighted by Gasteiger charge is 2.26. The summed E-state index contributed by atoms with van der Waals surface area (Å²) in [6, 6.07) is 11.3. The predicted molar refractivity (Wildman–Crippen MR) is 90.3 cm³/mol. The van der Waals surface area contributed by atoms with Crippen LogP contribution in [0.1, 0.15) is 0 Å². The largest absolute Gasteiger partial charge is 0.497 e. The standard InChI is InChI=1S/C17H17NO5S/c1-3-10-18(13-4-9-16-17(11-13)23-12-22-16)24(19,20)15-7-5-14(21-2)6-8-15/h3-9,11H,1,10,12H2,2H3. The molecule has 1 aliphatic heterocycles. The number of rotatable bonds is 6. The van der Waals surface area contributed by atoms with Crippen molar-refractivity contribution in [2.24, 2.45) is 0 Å². The number of benzene rings is 2. The van der Waals surface area contributed by atoms with Crippen LogP contribution in [-0.2, 0) is 10.0 Å². The fourth-order valence-corrected chi connectivity index (χ4v) is 3.80. The van der Waals surface area contributed by atoms with Gasteiger partial charge in [0.1, 0.15) is 5.75 Å². The molecule has 0 unspecified atom stereocenters. The van der Waals surface area contributed by atoms with E-state index in [2.05, 4.69) is 6.58 Å². The lowest BCUT2D eigenvalue weighted by Gasteiger charge is -2.23. The maximum absolute atomic E-state index is 13.0. The van der Waals surface area contributed by atoms with Crippen LogP contribution < -0.4 is 18.5 Å². The summed E-state index contributed by atoms with van der Waals surface area (Å²) in [6.07, 6.45) is 1.53. The third kappa shape index (κ3) is 2.90. The molecule has 0 aliphatic carbocycles. The summed E-state index contributed by atoms with van der Waals surface area (Å²) < 4.78 is 42.9. The summed E-state index contributed by atoms with van der Waals surface area (Å²) in [6.45, 7) is 3.91. The molecule has 2 aromatic carbocycles. The molecular weight excluding hydrogens is 330 g/mol. The maximum atomic E-state index is 13.0. The first kappa shape index (κ1) is 16.2. The molecule has 0 aromatic heterocycles. The highest BCUT2D eigenvalue weighted by atomic mass is 32.2. The van der Waals surface area contributed by atoms with E-state index >= 15 is 0 Å². The molecule has 0 spiro atoms. The van der Waals surface area contributed by atoms with E-state index in [1.165, 1.54) is 29.6 Å². The number of hydrogen-bond donors (Lipinski definition) is 0. The van der Waals surface area contributed by atoms with E-state index < -0.39 is 10.0 Å². The van der Waals surface area contributed by atoms with Crippen LogP contribution in [0.25, 0.3) is 0 Å². The third-order valence-corrected chi connectivity index (χ3v) is 5.39. The van der Waals surface area contributed by atoms with Crippen LogP contribution in [0, 0.1) is 0 Å². The second kappa shape index (κ2) is 6.45. The van der Waals surface area contributed by atoms with E-state index in [9.17, 15) is 8.42 Å². The van der Waals surface area contributed by atoms with Gasteiger partial charge in [0.25, 0.3) is 10.0 Å². The first-order chi connectivity index (χ1) is 11.6. The fourth-order valence-electron chi connectivity index (χ4n) is 2.37. The van der Waals surface area contributed by atoms with Gasteiger partial charge in [0.2, 0.25) is 6.79 Å². The van der Waals surface area contributed by atoms with Crippen molar-refractivity contribution < 1.29 is 22.6 Å². The van der Waals surface area contributed by atoms with E-state index in [-0.39, 0.29) is 18.2 Å². The Labute approximate surface area is 140 Å². The molecule has 0 saturated carbocycles. The number of methoxy groups -OCH3 is 1. The molecule has 1 heterocycles. The topological polar surface area (TPSA) is 65.1 Å². The van der Waals surface area contributed by atoms with Gasteiger partial charge in [-0.05, 0) is 36.4 Å². The molecule has 6 nitrogen and oxygen atoms in total. The number of ether oxygens (including phenoxy) is 3. The monoisotopic (exact) mass is 347 g/mol. The Bertz CT molecular complexity index is 846. The number of fused-ring (bicyclic) bond motifs is 1. The molecule has 0 bridgehead atoms. The second-order valence-electron chi connectivity index (χ2n) is 5.04. The number of sulfonamides is 1. The van der Waals surface area contributed by atoms with Crippen molar-refractivity contribution in [2.75, 3.05) is 24.8 Å². The lowest BCUT2D eigenvalue weighted by molar-refractivity contribution is 0.174. The van der Waals surface area contributed by atoms with Gasteiger partial charge in [-0.3, -0.25) is 4.31 Å². The third-order valence-electron chi connectivity index (χ3n) is 3.59. The van der Waals surface area contributed by atoms with Crippen LogP contribution in [-0.4, -0.2) is 28.9 Å². The quantitative estimate of drug-likeness (QED) is 0.752. The van der Waals surface area contributed by atoms with Gasteiger partial charge in [0.15, 0.2) is 11.5 Å². The van der Waals surface area contributed by atoms with E-state index in [4.69, 9.17) is 14.2 Å². The summed E-state index contributed by atoms with van der Waals surface area (Å²) >= 11 is 0. The van der Waals surface area contributed by atoms with Gasteiger partial charge < -0.3 is 14.2 Å². The molecule has 24 heavy (non-hydrogen) atoms. The Morgan fingerprint density at radius 1 is 1.17 bits per heavy atom. The van der Waals surface area contributed by atoms with E-state index in [1.54, 1.807) is 30.3 Å². The van der Waals surface area contributed by atoms with Crippen LogP contribution in [0.5, 0.6) is 17.2 Å². The van der Waals surface area contributed by atoms with Crippen LogP contribution in [0.4, 0.5) is 5.69 Å². The smallest absolute Gasteiger partial charge is 0.264 e. The molecule has 0 atom stereocenters. The Morgan fingerprint density at radius 2 is 1.88 bits per heavy atom. The number of nitrogens with zero attached hydrogens (tertiary/aromatic N) is 1. The van der Waals surface area contributed by atoms with Crippen LogP contribution in [0.15, 0.2) is 60.0 Å². The lowest BCUT2D eigenvalue weighted by atomic mass is 10.3. The minimum Gasteiger partial charge on any atom is -0.497 e. The van der Waals surface area contributed by atoms with Gasteiger partial charge >= 0.3 is 0 Å². The molecule has 0 fully saturated rings. The van der Waals surface area contributed by atoms with Crippen molar-refractivity contribution in [3.05, 3.63) is 55.1 Å². The molecule has 1 aliphatic rings. The average molecular weight is 347 g/mol. The maximum Gasteiger partial charge on any atom is 0.264 e. The zero-order chi connectivity index (χ0) is 17.2. The first-order valence-electron chi connectivity index (χ1n) is 7.23. The van der Waals surface area contributed by atoms with Gasteiger partial charge in [0.05, 0.1) is 24.2 Å². The van der Waals surface area contributed by atoms with Crippen molar-refractivity contribution in [1.82, 2.24) is 0 Å². The minimum atomic E-state index is -3.75. The molecule has 2 aromatic rings. The Morgan fingerprint density at radius 3 is 2.54 bits per heavy atom. The van der Waals surface area contributed by atoms with Crippen molar-refractivity contribution >= 4 is 15.7 Å². The van der Waals surface area contributed by atoms with E-state index in [0.29, 0.717) is 22.9 Å².